The number of carbonyl (C=O) groups excluding carboxylic acids is 2. The van der Waals surface area contributed by atoms with Crippen molar-refractivity contribution in [3.8, 4) is 23.0 Å². The molecule has 1 aliphatic heterocycles. The van der Waals surface area contributed by atoms with E-state index in [1.54, 1.807) is 26.4 Å². The van der Waals surface area contributed by atoms with Gasteiger partial charge in [-0.1, -0.05) is 19.4 Å². The standard InChI is InChI=1S/C31H36BrNO7/c1-6-8-11-40-31(36)27-17(3)33-22-13-19(18-9-10-24(37-4)25(15-18)38-5)14-23(34)29(22)28(27)20-12-21(32)30(35)26(16-20)39-7-2/h9-10,12,15-16,19,28,33,35H,6-8,11,13-14H2,1-5H3/t19-,28-/m1/s1. The molecule has 0 aromatic heterocycles. The van der Waals surface area contributed by atoms with Crippen molar-refractivity contribution in [2.45, 2.75) is 58.3 Å². The number of hydrogen-bond donors (Lipinski definition) is 2. The van der Waals surface area contributed by atoms with Gasteiger partial charge >= 0.3 is 5.97 Å². The number of allylic oxidation sites excluding steroid dienone is 3. The van der Waals surface area contributed by atoms with Crippen molar-refractivity contribution in [1.82, 2.24) is 5.32 Å². The molecule has 0 saturated heterocycles. The van der Waals surface area contributed by atoms with Gasteiger partial charge in [0.05, 0.1) is 37.5 Å². The third kappa shape index (κ3) is 5.84. The average molecular weight is 615 g/mol. The molecule has 0 spiro atoms. The van der Waals surface area contributed by atoms with Crippen LogP contribution in [0.25, 0.3) is 0 Å². The van der Waals surface area contributed by atoms with E-state index in [1.165, 1.54) is 0 Å². The largest absolute Gasteiger partial charge is 0.503 e. The molecule has 0 bridgehead atoms. The number of unbranched alkanes of at least 4 members (excludes halogenated alkanes) is 1. The first-order valence-electron chi connectivity index (χ1n) is 13.5. The van der Waals surface area contributed by atoms with Gasteiger partial charge in [-0.25, -0.2) is 4.79 Å². The average Bonchev–Trinajstić information content (AvgIpc) is 2.94. The number of hydrogen-bond acceptors (Lipinski definition) is 8. The van der Waals surface area contributed by atoms with E-state index in [4.69, 9.17) is 18.9 Å². The molecule has 0 fully saturated rings. The molecule has 1 aliphatic carbocycles. The number of benzene rings is 2. The Morgan fingerprint density at radius 3 is 2.45 bits per heavy atom. The molecule has 0 unspecified atom stereocenters. The van der Waals surface area contributed by atoms with Crippen LogP contribution in [0.15, 0.2) is 57.3 Å². The zero-order valence-corrected chi connectivity index (χ0v) is 25.1. The first-order valence-corrected chi connectivity index (χ1v) is 14.3. The zero-order valence-electron chi connectivity index (χ0n) is 23.6. The lowest BCUT2D eigenvalue weighted by Crippen LogP contribution is -2.36. The summed E-state index contributed by atoms with van der Waals surface area (Å²) in [7, 11) is 3.17. The highest BCUT2D eigenvalue weighted by Gasteiger charge is 2.42. The highest BCUT2D eigenvalue weighted by molar-refractivity contribution is 9.10. The van der Waals surface area contributed by atoms with Gasteiger partial charge in [0.1, 0.15) is 0 Å². The van der Waals surface area contributed by atoms with Crippen molar-refractivity contribution in [2.24, 2.45) is 0 Å². The summed E-state index contributed by atoms with van der Waals surface area (Å²) in [6, 6.07) is 9.14. The van der Waals surface area contributed by atoms with E-state index in [2.05, 4.69) is 21.2 Å². The Bertz CT molecular complexity index is 1360. The SMILES string of the molecule is CCCCOC(=O)C1=C(C)NC2=C(C(=O)C[C@H](c3ccc(OC)c(OC)c3)C2)[C@@H]1c1cc(Br)c(O)c(OCC)c1. The maximum atomic E-state index is 14.0. The second kappa shape index (κ2) is 12.8. The summed E-state index contributed by atoms with van der Waals surface area (Å²) >= 11 is 3.42. The molecule has 0 amide bonds. The molecule has 1 heterocycles. The van der Waals surface area contributed by atoms with Crippen LogP contribution in [0, 0.1) is 0 Å². The first-order chi connectivity index (χ1) is 19.2. The summed E-state index contributed by atoms with van der Waals surface area (Å²) in [5, 5.41) is 13.9. The zero-order chi connectivity index (χ0) is 29.0. The number of ether oxygens (including phenoxy) is 4. The number of phenolic OH excluding ortho intramolecular Hbond substituents is 1. The van der Waals surface area contributed by atoms with E-state index in [9.17, 15) is 14.7 Å². The highest BCUT2D eigenvalue weighted by Crippen LogP contribution is 2.48. The Kier molecular flexibility index (Phi) is 9.45. The Morgan fingerprint density at radius 2 is 1.77 bits per heavy atom. The van der Waals surface area contributed by atoms with Crippen molar-refractivity contribution in [1.29, 1.82) is 0 Å². The monoisotopic (exact) mass is 613 g/mol. The fraction of sp³-hybridized carbons (Fsp3) is 0.419. The Labute approximate surface area is 243 Å². The Hall–Kier alpha value is -3.46. The van der Waals surface area contributed by atoms with Crippen LogP contribution in [0.4, 0.5) is 0 Å². The molecule has 0 radical (unpaired) electrons. The molecule has 2 N–H and O–H groups in total. The van der Waals surface area contributed by atoms with Crippen LogP contribution in [0.2, 0.25) is 0 Å². The van der Waals surface area contributed by atoms with E-state index in [0.29, 0.717) is 58.0 Å². The van der Waals surface area contributed by atoms with Crippen LogP contribution in [0.5, 0.6) is 23.0 Å². The summed E-state index contributed by atoms with van der Waals surface area (Å²) in [5.74, 6) is 0.166. The molecule has 40 heavy (non-hydrogen) atoms. The molecule has 2 aliphatic rings. The molecule has 214 valence electrons. The van der Waals surface area contributed by atoms with Gasteiger partial charge in [-0.05, 0) is 83.9 Å². The predicted molar refractivity (Wildman–Crippen MR) is 155 cm³/mol. The van der Waals surface area contributed by atoms with Crippen molar-refractivity contribution in [2.75, 3.05) is 27.4 Å². The molecule has 4 rings (SSSR count). The maximum Gasteiger partial charge on any atom is 0.336 e. The number of halogens is 1. The number of dihydropyridines is 1. The van der Waals surface area contributed by atoms with Crippen molar-refractivity contribution < 1.29 is 33.6 Å². The summed E-state index contributed by atoms with van der Waals surface area (Å²) in [6.45, 7) is 6.32. The quantitative estimate of drug-likeness (QED) is 0.238. The minimum Gasteiger partial charge on any atom is -0.503 e. The minimum absolute atomic E-state index is 0.0370. The molecular formula is C31H36BrNO7. The lowest BCUT2D eigenvalue weighted by molar-refractivity contribution is -0.139. The summed E-state index contributed by atoms with van der Waals surface area (Å²) in [4.78, 5) is 27.4. The number of Topliss-reactive ketones (excluding diaryl/α,β-unsaturated/α-hetero) is 1. The molecule has 0 saturated carbocycles. The van der Waals surface area contributed by atoms with Gasteiger partial charge in [0.25, 0.3) is 0 Å². The van der Waals surface area contributed by atoms with E-state index < -0.39 is 11.9 Å². The van der Waals surface area contributed by atoms with Crippen LogP contribution in [0.3, 0.4) is 0 Å². The van der Waals surface area contributed by atoms with Gasteiger partial charge in [-0.3, -0.25) is 4.79 Å². The van der Waals surface area contributed by atoms with Crippen LogP contribution >= 0.6 is 15.9 Å². The number of methoxy groups -OCH3 is 2. The van der Waals surface area contributed by atoms with Crippen LogP contribution in [-0.4, -0.2) is 44.3 Å². The topological polar surface area (TPSA) is 103 Å². The number of aromatic hydroxyl groups is 1. The van der Waals surface area contributed by atoms with Crippen molar-refractivity contribution in [3.63, 3.8) is 0 Å². The van der Waals surface area contributed by atoms with E-state index in [-0.39, 0.29) is 29.6 Å². The van der Waals surface area contributed by atoms with Gasteiger partial charge in [-0.15, -0.1) is 0 Å². The van der Waals surface area contributed by atoms with E-state index >= 15 is 0 Å². The first kappa shape index (κ1) is 29.5. The van der Waals surface area contributed by atoms with Crippen LogP contribution < -0.4 is 19.5 Å². The number of rotatable bonds is 10. The summed E-state index contributed by atoms with van der Waals surface area (Å²) in [6.07, 6.45) is 2.47. The number of phenols is 1. The predicted octanol–water partition coefficient (Wildman–Crippen LogP) is 6.28. The Balaban J connectivity index is 1.81. The third-order valence-electron chi connectivity index (χ3n) is 7.34. The second-order valence-electron chi connectivity index (χ2n) is 9.90. The number of nitrogens with one attached hydrogen (secondary N) is 1. The molecule has 8 nitrogen and oxygen atoms in total. The molecular weight excluding hydrogens is 578 g/mol. The fourth-order valence-electron chi connectivity index (χ4n) is 5.40. The lowest BCUT2D eigenvalue weighted by Gasteiger charge is -2.37. The molecule has 2 atom stereocenters. The van der Waals surface area contributed by atoms with Gasteiger partial charge in [0.15, 0.2) is 28.8 Å². The number of carbonyl (C=O) groups is 2. The number of ketones is 1. The fourth-order valence-corrected chi connectivity index (χ4v) is 5.86. The summed E-state index contributed by atoms with van der Waals surface area (Å²) < 4.78 is 22.6. The van der Waals surface area contributed by atoms with Gasteiger partial charge < -0.3 is 29.4 Å². The number of esters is 1. The van der Waals surface area contributed by atoms with Crippen LogP contribution in [0.1, 0.15) is 69.4 Å². The van der Waals surface area contributed by atoms with Crippen LogP contribution in [-0.2, 0) is 14.3 Å². The normalized spacial score (nSPS) is 18.7. The van der Waals surface area contributed by atoms with E-state index in [1.807, 2.05) is 39.0 Å². The van der Waals surface area contributed by atoms with Gasteiger partial charge in [-0.2, -0.15) is 0 Å². The maximum absolute atomic E-state index is 14.0. The minimum atomic E-state index is -0.680. The molecule has 2 aromatic rings. The van der Waals surface area contributed by atoms with Gasteiger partial charge in [0.2, 0.25) is 0 Å². The van der Waals surface area contributed by atoms with E-state index in [0.717, 1.165) is 24.1 Å². The van der Waals surface area contributed by atoms with Crippen molar-refractivity contribution in [3.05, 3.63) is 68.5 Å². The highest BCUT2D eigenvalue weighted by atomic mass is 79.9. The Morgan fingerprint density at radius 1 is 1.05 bits per heavy atom. The van der Waals surface area contributed by atoms with Crippen molar-refractivity contribution >= 4 is 27.7 Å². The summed E-state index contributed by atoms with van der Waals surface area (Å²) in [5.41, 5.74) is 3.94. The lowest BCUT2D eigenvalue weighted by atomic mass is 9.71. The van der Waals surface area contributed by atoms with Gasteiger partial charge in [0, 0.05) is 29.3 Å². The second-order valence-corrected chi connectivity index (χ2v) is 10.8. The smallest absolute Gasteiger partial charge is 0.336 e. The molecule has 2 aromatic carbocycles. The third-order valence-corrected chi connectivity index (χ3v) is 7.95. The molecule has 9 heteroatoms.